The molecule has 0 saturated heterocycles. The van der Waals surface area contributed by atoms with Gasteiger partial charge in [-0.05, 0) is 30.7 Å². The lowest BCUT2D eigenvalue weighted by Crippen LogP contribution is -2.41. The van der Waals surface area contributed by atoms with Gasteiger partial charge in [0.15, 0.2) is 0 Å². The molecule has 0 saturated carbocycles. The number of hydrogen-bond donors (Lipinski definition) is 2. The van der Waals surface area contributed by atoms with Gasteiger partial charge < -0.3 is 10.4 Å². The van der Waals surface area contributed by atoms with Crippen LogP contribution in [0.5, 0.6) is 0 Å². The standard InChI is InChI=1S/C12H18FNO/c1-9(2)12(15,8-14-3)10-4-6-11(13)7-5-10/h4-7,9,14-15H,8H2,1-3H3. The zero-order chi connectivity index (χ0) is 11.5. The summed E-state index contributed by atoms with van der Waals surface area (Å²) in [7, 11) is 1.79. The Kier molecular flexibility index (Phi) is 3.83. The zero-order valence-corrected chi connectivity index (χ0v) is 9.42. The third-order valence-electron chi connectivity index (χ3n) is 2.75. The first-order chi connectivity index (χ1) is 7.00. The molecule has 0 spiro atoms. The van der Waals surface area contributed by atoms with Crippen LogP contribution >= 0.6 is 0 Å². The summed E-state index contributed by atoms with van der Waals surface area (Å²) in [6.07, 6.45) is 0. The average Bonchev–Trinajstić information content (AvgIpc) is 2.18. The van der Waals surface area contributed by atoms with Crippen molar-refractivity contribution in [1.29, 1.82) is 0 Å². The van der Waals surface area contributed by atoms with Crippen LogP contribution in [0.25, 0.3) is 0 Å². The van der Waals surface area contributed by atoms with E-state index in [2.05, 4.69) is 5.32 Å². The maximum Gasteiger partial charge on any atom is 0.123 e. The van der Waals surface area contributed by atoms with Gasteiger partial charge >= 0.3 is 0 Å². The van der Waals surface area contributed by atoms with Gasteiger partial charge in [0.25, 0.3) is 0 Å². The van der Waals surface area contributed by atoms with Crippen molar-refractivity contribution in [3.63, 3.8) is 0 Å². The second kappa shape index (κ2) is 4.73. The molecule has 0 radical (unpaired) electrons. The molecule has 1 rings (SSSR count). The number of rotatable bonds is 4. The van der Waals surface area contributed by atoms with E-state index in [1.807, 2.05) is 13.8 Å². The van der Waals surface area contributed by atoms with E-state index in [0.29, 0.717) is 6.54 Å². The quantitative estimate of drug-likeness (QED) is 0.797. The van der Waals surface area contributed by atoms with E-state index in [0.717, 1.165) is 5.56 Å². The maximum absolute atomic E-state index is 12.8. The predicted molar refractivity (Wildman–Crippen MR) is 59.1 cm³/mol. The van der Waals surface area contributed by atoms with E-state index < -0.39 is 5.60 Å². The molecule has 0 bridgehead atoms. The molecule has 84 valence electrons. The smallest absolute Gasteiger partial charge is 0.123 e. The van der Waals surface area contributed by atoms with Crippen LogP contribution in [0.3, 0.4) is 0 Å². The fourth-order valence-corrected chi connectivity index (χ4v) is 1.65. The molecule has 3 heteroatoms. The first kappa shape index (κ1) is 12.1. The normalized spacial score (nSPS) is 15.3. The van der Waals surface area contributed by atoms with Crippen molar-refractivity contribution < 1.29 is 9.50 Å². The van der Waals surface area contributed by atoms with Gasteiger partial charge in [-0.1, -0.05) is 26.0 Å². The highest BCUT2D eigenvalue weighted by molar-refractivity contribution is 5.24. The van der Waals surface area contributed by atoms with Gasteiger partial charge in [-0.3, -0.25) is 0 Å². The van der Waals surface area contributed by atoms with E-state index in [4.69, 9.17) is 0 Å². The Morgan fingerprint density at radius 3 is 2.27 bits per heavy atom. The van der Waals surface area contributed by atoms with Crippen molar-refractivity contribution >= 4 is 0 Å². The van der Waals surface area contributed by atoms with Crippen LogP contribution in [-0.4, -0.2) is 18.7 Å². The lowest BCUT2D eigenvalue weighted by molar-refractivity contribution is -0.00761. The van der Waals surface area contributed by atoms with Crippen LogP contribution < -0.4 is 5.32 Å². The molecular weight excluding hydrogens is 193 g/mol. The third kappa shape index (κ3) is 2.55. The number of benzene rings is 1. The van der Waals surface area contributed by atoms with E-state index in [1.165, 1.54) is 12.1 Å². The Hall–Kier alpha value is -0.930. The van der Waals surface area contributed by atoms with Gasteiger partial charge in [-0.15, -0.1) is 0 Å². The van der Waals surface area contributed by atoms with Crippen molar-refractivity contribution in [3.8, 4) is 0 Å². The number of nitrogens with one attached hydrogen (secondary N) is 1. The van der Waals surface area contributed by atoms with E-state index >= 15 is 0 Å². The lowest BCUT2D eigenvalue weighted by atomic mass is 9.83. The highest BCUT2D eigenvalue weighted by Crippen LogP contribution is 2.28. The average molecular weight is 211 g/mol. The van der Waals surface area contributed by atoms with Crippen molar-refractivity contribution in [1.82, 2.24) is 5.32 Å². The molecule has 1 aromatic carbocycles. The molecular formula is C12H18FNO. The van der Waals surface area contributed by atoms with Gasteiger partial charge in [0.1, 0.15) is 11.4 Å². The number of halogens is 1. The summed E-state index contributed by atoms with van der Waals surface area (Å²) in [4.78, 5) is 0. The van der Waals surface area contributed by atoms with Gasteiger partial charge in [-0.2, -0.15) is 0 Å². The first-order valence-electron chi connectivity index (χ1n) is 5.13. The second-order valence-electron chi connectivity index (χ2n) is 4.12. The van der Waals surface area contributed by atoms with Gasteiger partial charge in [0.05, 0.1) is 0 Å². The Morgan fingerprint density at radius 1 is 1.33 bits per heavy atom. The zero-order valence-electron chi connectivity index (χ0n) is 9.42. The molecule has 1 unspecified atom stereocenters. The minimum Gasteiger partial charge on any atom is -0.384 e. The summed E-state index contributed by atoms with van der Waals surface area (Å²) in [5.74, 6) is -0.218. The Balaban J connectivity index is 3.04. The third-order valence-corrected chi connectivity index (χ3v) is 2.75. The minimum absolute atomic E-state index is 0.0652. The van der Waals surface area contributed by atoms with Gasteiger partial charge in [0.2, 0.25) is 0 Å². The predicted octanol–water partition coefficient (Wildman–Crippen LogP) is 1.89. The van der Waals surface area contributed by atoms with Crippen LogP contribution in [0, 0.1) is 11.7 Å². The summed E-state index contributed by atoms with van der Waals surface area (Å²) in [6.45, 7) is 4.34. The number of aliphatic hydroxyl groups is 1. The van der Waals surface area contributed by atoms with E-state index in [9.17, 15) is 9.50 Å². The SMILES string of the molecule is CNCC(O)(c1ccc(F)cc1)C(C)C. The van der Waals surface area contributed by atoms with Gasteiger partial charge in [0, 0.05) is 6.54 Å². The van der Waals surface area contributed by atoms with Crippen LogP contribution in [0.2, 0.25) is 0 Å². The summed E-state index contributed by atoms with van der Waals surface area (Å²) in [6, 6.07) is 6.01. The van der Waals surface area contributed by atoms with Crippen molar-refractivity contribution in [3.05, 3.63) is 35.6 Å². The molecule has 1 atom stereocenters. The Morgan fingerprint density at radius 2 is 1.87 bits per heavy atom. The molecule has 2 nitrogen and oxygen atoms in total. The molecule has 0 aliphatic carbocycles. The fourth-order valence-electron chi connectivity index (χ4n) is 1.65. The van der Waals surface area contributed by atoms with Crippen LogP contribution in [0.1, 0.15) is 19.4 Å². The molecule has 0 aliphatic heterocycles. The lowest BCUT2D eigenvalue weighted by Gasteiger charge is -2.32. The molecule has 0 aliphatic rings. The summed E-state index contributed by atoms with van der Waals surface area (Å²) in [5.41, 5.74) is -0.198. The Labute approximate surface area is 90.1 Å². The molecule has 0 fully saturated rings. The minimum atomic E-state index is -0.942. The number of hydrogen-bond acceptors (Lipinski definition) is 2. The van der Waals surface area contributed by atoms with E-state index in [1.54, 1.807) is 19.2 Å². The summed E-state index contributed by atoms with van der Waals surface area (Å²) >= 11 is 0. The second-order valence-corrected chi connectivity index (χ2v) is 4.12. The maximum atomic E-state index is 12.8. The molecule has 0 heterocycles. The number of likely N-dealkylation sites (N-methyl/N-ethyl adjacent to an activating group) is 1. The fraction of sp³-hybridized carbons (Fsp3) is 0.500. The first-order valence-corrected chi connectivity index (χ1v) is 5.13. The summed E-state index contributed by atoms with van der Waals surface area (Å²) in [5, 5.41) is 13.4. The molecule has 2 N–H and O–H groups in total. The van der Waals surface area contributed by atoms with Crippen molar-refractivity contribution in [2.24, 2.45) is 5.92 Å². The Bertz CT molecular complexity index is 310. The van der Waals surface area contributed by atoms with Crippen molar-refractivity contribution in [2.45, 2.75) is 19.4 Å². The van der Waals surface area contributed by atoms with Crippen LogP contribution in [0.4, 0.5) is 4.39 Å². The topological polar surface area (TPSA) is 32.3 Å². The van der Waals surface area contributed by atoms with Crippen LogP contribution in [-0.2, 0) is 5.60 Å². The highest BCUT2D eigenvalue weighted by Gasteiger charge is 2.32. The van der Waals surface area contributed by atoms with Crippen LogP contribution in [0.15, 0.2) is 24.3 Å². The largest absolute Gasteiger partial charge is 0.384 e. The molecule has 0 amide bonds. The molecule has 0 aromatic heterocycles. The summed E-state index contributed by atoms with van der Waals surface area (Å²) < 4.78 is 12.8. The monoisotopic (exact) mass is 211 g/mol. The highest BCUT2D eigenvalue weighted by atomic mass is 19.1. The molecule has 1 aromatic rings. The van der Waals surface area contributed by atoms with E-state index in [-0.39, 0.29) is 11.7 Å². The van der Waals surface area contributed by atoms with Gasteiger partial charge in [-0.25, -0.2) is 4.39 Å². The van der Waals surface area contributed by atoms with Crippen molar-refractivity contribution in [2.75, 3.05) is 13.6 Å². The molecule has 15 heavy (non-hydrogen) atoms.